The van der Waals surface area contributed by atoms with Gasteiger partial charge in [0.15, 0.2) is 0 Å². The molecule has 0 radical (unpaired) electrons. The van der Waals surface area contributed by atoms with Crippen LogP contribution in [0.4, 0.5) is 4.39 Å². The van der Waals surface area contributed by atoms with Crippen LogP contribution in [0.3, 0.4) is 0 Å². The summed E-state index contributed by atoms with van der Waals surface area (Å²) in [6.07, 6.45) is 4.93. The van der Waals surface area contributed by atoms with Gasteiger partial charge < -0.3 is 0 Å². The summed E-state index contributed by atoms with van der Waals surface area (Å²) in [6, 6.07) is 9.44. The SMILES string of the molecule is CCCC1CCc2ccc3cc(F)ccc3c21. The van der Waals surface area contributed by atoms with Crippen LogP contribution in [0.2, 0.25) is 0 Å². The van der Waals surface area contributed by atoms with E-state index in [1.807, 2.05) is 6.07 Å². The van der Waals surface area contributed by atoms with E-state index in [-0.39, 0.29) is 5.82 Å². The van der Waals surface area contributed by atoms with E-state index in [1.165, 1.54) is 42.2 Å². The third-order valence-electron chi connectivity index (χ3n) is 3.92. The molecule has 88 valence electrons. The average molecular weight is 228 g/mol. The van der Waals surface area contributed by atoms with Crippen molar-refractivity contribution in [3.63, 3.8) is 0 Å². The molecular weight excluding hydrogens is 211 g/mol. The number of fused-ring (bicyclic) bond motifs is 3. The van der Waals surface area contributed by atoms with E-state index >= 15 is 0 Å². The first-order valence-corrected chi connectivity index (χ1v) is 6.50. The molecule has 0 nitrogen and oxygen atoms in total. The van der Waals surface area contributed by atoms with Crippen LogP contribution in [-0.2, 0) is 6.42 Å². The number of halogens is 1. The van der Waals surface area contributed by atoms with Gasteiger partial charge in [0.25, 0.3) is 0 Å². The van der Waals surface area contributed by atoms with Crippen LogP contribution in [0.25, 0.3) is 10.8 Å². The molecule has 0 heterocycles. The maximum Gasteiger partial charge on any atom is 0.123 e. The van der Waals surface area contributed by atoms with Crippen LogP contribution < -0.4 is 0 Å². The largest absolute Gasteiger partial charge is 0.207 e. The fraction of sp³-hybridized carbons (Fsp3) is 0.375. The minimum absolute atomic E-state index is 0.137. The van der Waals surface area contributed by atoms with Gasteiger partial charge in [-0.25, -0.2) is 4.39 Å². The molecule has 17 heavy (non-hydrogen) atoms. The minimum atomic E-state index is -0.137. The molecule has 0 aromatic heterocycles. The van der Waals surface area contributed by atoms with Crippen LogP contribution >= 0.6 is 0 Å². The smallest absolute Gasteiger partial charge is 0.123 e. The normalized spacial score (nSPS) is 18.6. The van der Waals surface area contributed by atoms with Gasteiger partial charge in [-0.1, -0.05) is 31.5 Å². The zero-order valence-corrected chi connectivity index (χ0v) is 10.2. The molecule has 0 saturated carbocycles. The standard InChI is InChI=1S/C16H17F/c1-2-3-11-4-5-12-6-7-13-10-14(17)8-9-15(13)16(11)12/h6-11H,2-5H2,1H3. The molecule has 3 rings (SSSR count). The van der Waals surface area contributed by atoms with E-state index in [9.17, 15) is 4.39 Å². The van der Waals surface area contributed by atoms with Gasteiger partial charge in [0.2, 0.25) is 0 Å². The highest BCUT2D eigenvalue weighted by molar-refractivity contribution is 5.88. The Labute approximate surface area is 101 Å². The van der Waals surface area contributed by atoms with Crippen molar-refractivity contribution in [2.75, 3.05) is 0 Å². The Morgan fingerprint density at radius 2 is 2.12 bits per heavy atom. The topological polar surface area (TPSA) is 0 Å². The van der Waals surface area contributed by atoms with Gasteiger partial charge in [-0.15, -0.1) is 0 Å². The molecule has 0 saturated heterocycles. The quantitative estimate of drug-likeness (QED) is 0.692. The molecule has 1 atom stereocenters. The molecule has 0 aliphatic heterocycles. The van der Waals surface area contributed by atoms with Gasteiger partial charge in [0.05, 0.1) is 0 Å². The van der Waals surface area contributed by atoms with Gasteiger partial charge in [-0.2, -0.15) is 0 Å². The van der Waals surface area contributed by atoms with Gasteiger partial charge in [0, 0.05) is 0 Å². The van der Waals surface area contributed by atoms with Gasteiger partial charge in [-0.3, -0.25) is 0 Å². The molecular formula is C16H17F. The summed E-state index contributed by atoms with van der Waals surface area (Å²) in [5, 5.41) is 2.31. The summed E-state index contributed by atoms with van der Waals surface area (Å²) in [5.41, 5.74) is 2.96. The van der Waals surface area contributed by atoms with Crippen LogP contribution in [0.15, 0.2) is 30.3 Å². The summed E-state index contributed by atoms with van der Waals surface area (Å²) >= 11 is 0. The molecule has 1 unspecified atom stereocenters. The number of hydrogen-bond donors (Lipinski definition) is 0. The number of aryl methyl sites for hydroxylation is 1. The second-order valence-corrected chi connectivity index (χ2v) is 5.03. The number of benzene rings is 2. The Kier molecular flexibility index (Phi) is 2.62. The predicted octanol–water partition coefficient (Wildman–Crippen LogP) is 4.81. The van der Waals surface area contributed by atoms with Crippen molar-refractivity contribution in [3.8, 4) is 0 Å². The Balaban J connectivity index is 2.20. The molecule has 0 bridgehead atoms. The van der Waals surface area contributed by atoms with Crippen LogP contribution in [0.5, 0.6) is 0 Å². The zero-order valence-electron chi connectivity index (χ0n) is 10.2. The summed E-state index contributed by atoms with van der Waals surface area (Å²) in [4.78, 5) is 0. The molecule has 2 aromatic rings. The highest BCUT2D eigenvalue weighted by Crippen LogP contribution is 2.40. The maximum absolute atomic E-state index is 13.2. The fourth-order valence-electron chi connectivity index (χ4n) is 3.18. The van der Waals surface area contributed by atoms with Gasteiger partial charge in [0.1, 0.15) is 5.82 Å². The Bertz CT molecular complexity index is 555. The Morgan fingerprint density at radius 3 is 2.94 bits per heavy atom. The van der Waals surface area contributed by atoms with E-state index in [2.05, 4.69) is 19.1 Å². The summed E-state index contributed by atoms with van der Waals surface area (Å²) in [7, 11) is 0. The molecule has 1 aliphatic carbocycles. The fourth-order valence-corrected chi connectivity index (χ4v) is 3.18. The van der Waals surface area contributed by atoms with Gasteiger partial charge in [-0.05, 0) is 59.2 Å². The Hall–Kier alpha value is -1.37. The van der Waals surface area contributed by atoms with Crippen molar-refractivity contribution < 1.29 is 4.39 Å². The van der Waals surface area contributed by atoms with Gasteiger partial charge >= 0.3 is 0 Å². The van der Waals surface area contributed by atoms with Crippen molar-refractivity contribution in [1.29, 1.82) is 0 Å². The van der Waals surface area contributed by atoms with Crippen LogP contribution in [0, 0.1) is 5.82 Å². The van der Waals surface area contributed by atoms with Crippen LogP contribution in [0.1, 0.15) is 43.2 Å². The summed E-state index contributed by atoms with van der Waals surface area (Å²) in [6.45, 7) is 2.24. The monoisotopic (exact) mass is 228 g/mol. The van der Waals surface area contributed by atoms with E-state index in [0.717, 1.165) is 5.39 Å². The average Bonchev–Trinajstić information content (AvgIpc) is 2.73. The van der Waals surface area contributed by atoms with Crippen molar-refractivity contribution in [2.24, 2.45) is 0 Å². The summed E-state index contributed by atoms with van der Waals surface area (Å²) < 4.78 is 13.2. The third-order valence-corrected chi connectivity index (χ3v) is 3.92. The molecule has 0 spiro atoms. The maximum atomic E-state index is 13.2. The van der Waals surface area contributed by atoms with Crippen molar-refractivity contribution in [1.82, 2.24) is 0 Å². The molecule has 0 fully saturated rings. The second-order valence-electron chi connectivity index (χ2n) is 5.03. The first kappa shape index (κ1) is 10.8. The number of rotatable bonds is 2. The first-order chi connectivity index (χ1) is 8.29. The van der Waals surface area contributed by atoms with Crippen LogP contribution in [-0.4, -0.2) is 0 Å². The highest BCUT2D eigenvalue weighted by atomic mass is 19.1. The molecule has 0 N–H and O–H groups in total. The van der Waals surface area contributed by atoms with Crippen molar-refractivity contribution in [2.45, 2.75) is 38.5 Å². The minimum Gasteiger partial charge on any atom is -0.207 e. The number of hydrogen-bond acceptors (Lipinski definition) is 0. The van der Waals surface area contributed by atoms with E-state index in [4.69, 9.17) is 0 Å². The molecule has 2 aromatic carbocycles. The molecule has 1 aliphatic rings. The lowest BCUT2D eigenvalue weighted by atomic mass is 9.92. The highest BCUT2D eigenvalue weighted by Gasteiger charge is 2.23. The lowest BCUT2D eigenvalue weighted by Gasteiger charge is -2.13. The Morgan fingerprint density at radius 1 is 1.24 bits per heavy atom. The van der Waals surface area contributed by atoms with E-state index in [0.29, 0.717) is 5.92 Å². The molecule has 1 heteroatoms. The lowest BCUT2D eigenvalue weighted by molar-refractivity contribution is 0.610. The lowest BCUT2D eigenvalue weighted by Crippen LogP contribution is -1.94. The van der Waals surface area contributed by atoms with Crippen molar-refractivity contribution >= 4 is 10.8 Å². The van der Waals surface area contributed by atoms with Crippen molar-refractivity contribution in [3.05, 3.63) is 47.3 Å². The first-order valence-electron chi connectivity index (χ1n) is 6.50. The molecule has 0 amide bonds. The summed E-state index contributed by atoms with van der Waals surface area (Å²) in [5.74, 6) is 0.548. The second kappa shape index (κ2) is 4.14. The third kappa shape index (κ3) is 1.74. The van der Waals surface area contributed by atoms with E-state index < -0.39 is 0 Å². The van der Waals surface area contributed by atoms with E-state index in [1.54, 1.807) is 12.1 Å². The predicted molar refractivity (Wildman–Crippen MR) is 69.9 cm³/mol. The zero-order chi connectivity index (χ0) is 11.8.